The van der Waals surface area contributed by atoms with Gasteiger partial charge >= 0.3 is 0 Å². The molecule has 2 rings (SSSR count). The zero-order valence-electron chi connectivity index (χ0n) is 10.8. The van der Waals surface area contributed by atoms with E-state index in [4.69, 9.17) is 9.47 Å². The Morgan fingerprint density at radius 2 is 2.00 bits per heavy atom. The van der Waals surface area contributed by atoms with Gasteiger partial charge in [0, 0.05) is 18.7 Å². The predicted octanol–water partition coefficient (Wildman–Crippen LogP) is 1.97. The Balaban J connectivity index is 2.05. The van der Waals surface area contributed by atoms with Crippen molar-refractivity contribution in [2.45, 2.75) is 4.90 Å². The number of ether oxygens (including phenoxy) is 2. The summed E-state index contributed by atoms with van der Waals surface area (Å²) in [5.41, 5.74) is 0. The summed E-state index contributed by atoms with van der Waals surface area (Å²) in [6, 6.07) is 6.17. The molecule has 0 aliphatic heterocycles. The molecule has 1 N–H and O–H groups in total. The van der Waals surface area contributed by atoms with Crippen molar-refractivity contribution in [3.8, 4) is 5.75 Å². The van der Waals surface area contributed by atoms with E-state index in [-0.39, 0.29) is 4.90 Å². The van der Waals surface area contributed by atoms with Gasteiger partial charge in [-0.1, -0.05) is 0 Å². The second kappa shape index (κ2) is 6.69. The minimum atomic E-state index is -3.61. The summed E-state index contributed by atoms with van der Waals surface area (Å²) in [6.45, 7) is 0.894. The van der Waals surface area contributed by atoms with E-state index >= 15 is 0 Å². The van der Waals surface area contributed by atoms with Gasteiger partial charge in [-0.15, -0.1) is 11.3 Å². The third-order valence-electron chi connectivity index (χ3n) is 2.34. The maximum atomic E-state index is 12.1. The first-order valence-electron chi connectivity index (χ1n) is 5.76. The molecule has 0 aliphatic carbocycles. The molecule has 108 valence electrons. The average molecular weight is 314 g/mol. The molecule has 2 aromatic rings. The topological polar surface area (TPSA) is 77.5 Å². The van der Waals surface area contributed by atoms with E-state index < -0.39 is 10.0 Å². The number of methoxy groups -OCH3 is 1. The van der Waals surface area contributed by atoms with Crippen molar-refractivity contribution in [3.05, 3.63) is 35.8 Å². The highest BCUT2D eigenvalue weighted by Gasteiger charge is 2.15. The summed E-state index contributed by atoms with van der Waals surface area (Å²) < 4.78 is 36.8. The number of sulfonamides is 1. The Hall–Kier alpha value is -1.64. The molecular weight excluding hydrogens is 300 g/mol. The van der Waals surface area contributed by atoms with Crippen molar-refractivity contribution in [1.29, 1.82) is 0 Å². The van der Waals surface area contributed by atoms with E-state index in [1.165, 1.54) is 29.7 Å². The quantitative estimate of drug-likeness (QED) is 0.791. The van der Waals surface area contributed by atoms with E-state index in [0.29, 0.717) is 24.1 Å². The molecule has 1 heterocycles. The maximum Gasteiger partial charge on any atom is 0.263 e. The van der Waals surface area contributed by atoms with E-state index in [0.717, 1.165) is 0 Å². The fraction of sp³-hybridized carbons (Fsp3) is 0.250. The second-order valence-corrected chi connectivity index (χ2v) is 6.33. The number of nitrogens with one attached hydrogen (secondary N) is 1. The molecule has 0 bridgehead atoms. The van der Waals surface area contributed by atoms with Crippen LogP contribution in [0, 0.1) is 0 Å². The number of nitrogens with zero attached hydrogens (tertiary/aromatic N) is 1. The van der Waals surface area contributed by atoms with Gasteiger partial charge in [-0.2, -0.15) is 0 Å². The third kappa shape index (κ3) is 3.92. The first-order chi connectivity index (χ1) is 9.62. The molecule has 1 aromatic carbocycles. The molecule has 0 amide bonds. The number of benzene rings is 1. The van der Waals surface area contributed by atoms with E-state index in [1.807, 2.05) is 0 Å². The summed E-state index contributed by atoms with van der Waals surface area (Å²) in [5, 5.41) is 2.04. The average Bonchev–Trinajstić information content (AvgIpc) is 2.92. The third-order valence-corrected chi connectivity index (χ3v) is 4.52. The molecule has 0 radical (unpaired) electrons. The van der Waals surface area contributed by atoms with Gasteiger partial charge in [0.25, 0.3) is 10.0 Å². The van der Waals surface area contributed by atoms with Gasteiger partial charge in [-0.3, -0.25) is 4.72 Å². The Kier molecular flexibility index (Phi) is 4.94. The van der Waals surface area contributed by atoms with Crippen molar-refractivity contribution >= 4 is 26.5 Å². The number of thiazole rings is 1. The fourth-order valence-corrected chi connectivity index (χ4v) is 3.19. The minimum Gasteiger partial charge on any atom is -0.491 e. The van der Waals surface area contributed by atoms with Crippen LogP contribution < -0.4 is 9.46 Å². The summed E-state index contributed by atoms with van der Waals surface area (Å²) >= 11 is 1.22. The van der Waals surface area contributed by atoms with Crippen LogP contribution in [0.25, 0.3) is 0 Å². The molecule has 0 saturated heterocycles. The molecule has 6 nitrogen and oxygen atoms in total. The van der Waals surface area contributed by atoms with Crippen molar-refractivity contribution in [2.75, 3.05) is 25.0 Å². The fourth-order valence-electron chi connectivity index (χ4n) is 1.41. The molecule has 0 saturated carbocycles. The summed E-state index contributed by atoms with van der Waals surface area (Å²) in [7, 11) is -2.02. The first-order valence-corrected chi connectivity index (χ1v) is 8.12. The van der Waals surface area contributed by atoms with Crippen LogP contribution in [-0.4, -0.2) is 33.7 Å². The summed E-state index contributed by atoms with van der Waals surface area (Å²) in [4.78, 5) is 4.04. The predicted molar refractivity (Wildman–Crippen MR) is 76.7 cm³/mol. The van der Waals surface area contributed by atoms with Crippen LogP contribution in [0.15, 0.2) is 40.7 Å². The van der Waals surface area contributed by atoms with Crippen molar-refractivity contribution in [1.82, 2.24) is 4.98 Å². The molecular formula is C12H14N2O4S2. The van der Waals surface area contributed by atoms with Crippen LogP contribution in [0.4, 0.5) is 5.13 Å². The van der Waals surface area contributed by atoms with E-state index in [9.17, 15) is 8.42 Å². The highest BCUT2D eigenvalue weighted by molar-refractivity contribution is 7.93. The lowest BCUT2D eigenvalue weighted by Crippen LogP contribution is -2.12. The Labute approximate surface area is 121 Å². The van der Waals surface area contributed by atoms with Crippen LogP contribution >= 0.6 is 11.3 Å². The molecule has 0 unspecified atom stereocenters. The van der Waals surface area contributed by atoms with Crippen LogP contribution in [-0.2, 0) is 14.8 Å². The largest absolute Gasteiger partial charge is 0.491 e. The zero-order valence-corrected chi connectivity index (χ0v) is 12.4. The molecule has 8 heteroatoms. The lowest BCUT2D eigenvalue weighted by atomic mass is 10.3. The first kappa shape index (κ1) is 14.8. The Morgan fingerprint density at radius 1 is 1.25 bits per heavy atom. The molecule has 20 heavy (non-hydrogen) atoms. The molecule has 0 fully saturated rings. The van der Waals surface area contributed by atoms with Crippen molar-refractivity contribution < 1.29 is 17.9 Å². The molecule has 0 atom stereocenters. The van der Waals surface area contributed by atoms with Crippen LogP contribution in [0.1, 0.15) is 0 Å². The number of hydrogen-bond donors (Lipinski definition) is 1. The van der Waals surface area contributed by atoms with Gasteiger partial charge in [0.05, 0.1) is 11.5 Å². The normalized spacial score (nSPS) is 11.2. The van der Waals surface area contributed by atoms with Gasteiger partial charge < -0.3 is 9.47 Å². The summed E-state index contributed by atoms with van der Waals surface area (Å²) in [5.74, 6) is 0.593. The Morgan fingerprint density at radius 3 is 2.60 bits per heavy atom. The monoisotopic (exact) mass is 314 g/mol. The molecule has 0 spiro atoms. The smallest absolute Gasteiger partial charge is 0.263 e. The van der Waals surface area contributed by atoms with Crippen LogP contribution in [0.2, 0.25) is 0 Å². The summed E-state index contributed by atoms with van der Waals surface area (Å²) in [6.07, 6.45) is 1.54. The molecule has 1 aromatic heterocycles. The van der Waals surface area contributed by atoms with Gasteiger partial charge in [-0.25, -0.2) is 13.4 Å². The zero-order chi connectivity index (χ0) is 14.4. The van der Waals surface area contributed by atoms with Crippen molar-refractivity contribution in [2.24, 2.45) is 0 Å². The lowest BCUT2D eigenvalue weighted by Gasteiger charge is -2.07. The van der Waals surface area contributed by atoms with Gasteiger partial charge in [0.15, 0.2) is 5.13 Å². The highest BCUT2D eigenvalue weighted by Crippen LogP contribution is 2.20. The molecule has 0 aliphatic rings. The lowest BCUT2D eigenvalue weighted by molar-refractivity contribution is 0.146. The maximum absolute atomic E-state index is 12.1. The van der Waals surface area contributed by atoms with Gasteiger partial charge in [0.2, 0.25) is 0 Å². The van der Waals surface area contributed by atoms with Crippen molar-refractivity contribution in [3.63, 3.8) is 0 Å². The Bertz CT molecular complexity index is 624. The number of aromatic nitrogens is 1. The highest BCUT2D eigenvalue weighted by atomic mass is 32.2. The van der Waals surface area contributed by atoms with E-state index in [1.54, 1.807) is 24.6 Å². The van der Waals surface area contributed by atoms with Crippen LogP contribution in [0.5, 0.6) is 5.75 Å². The SMILES string of the molecule is COCCOc1ccc(S(=O)(=O)Nc2nccs2)cc1. The number of hydrogen-bond acceptors (Lipinski definition) is 6. The minimum absolute atomic E-state index is 0.159. The number of rotatable bonds is 7. The van der Waals surface area contributed by atoms with Crippen LogP contribution in [0.3, 0.4) is 0 Å². The second-order valence-electron chi connectivity index (χ2n) is 3.76. The standard InChI is InChI=1S/C12H14N2O4S2/c1-17-7-8-18-10-2-4-11(5-3-10)20(15,16)14-12-13-6-9-19-12/h2-6,9H,7-8H2,1H3,(H,13,14). The van der Waals surface area contributed by atoms with Gasteiger partial charge in [0.1, 0.15) is 12.4 Å². The van der Waals surface area contributed by atoms with Gasteiger partial charge in [-0.05, 0) is 24.3 Å². The number of anilines is 1. The van der Waals surface area contributed by atoms with E-state index in [2.05, 4.69) is 9.71 Å².